The Morgan fingerprint density at radius 2 is 2.10 bits per heavy atom. The van der Waals surface area contributed by atoms with Gasteiger partial charge in [-0.1, -0.05) is 25.4 Å². The highest BCUT2D eigenvalue weighted by Gasteiger charge is 2.28. The molecule has 1 aromatic rings. The third kappa shape index (κ3) is 5.27. The smallest absolute Gasteiger partial charge is 0.229 e. The van der Waals surface area contributed by atoms with Gasteiger partial charge in [-0.2, -0.15) is 11.8 Å². The maximum absolute atomic E-state index is 11.3. The number of sulfonamides is 1. The quantitative estimate of drug-likeness (QED) is 0.871. The first-order valence-electron chi connectivity index (χ1n) is 6.76. The van der Waals surface area contributed by atoms with Gasteiger partial charge in [0.25, 0.3) is 0 Å². The van der Waals surface area contributed by atoms with E-state index >= 15 is 0 Å². The molecule has 4 nitrogen and oxygen atoms in total. The molecule has 0 aromatic heterocycles. The molecule has 1 unspecified atom stereocenters. The average Bonchev–Trinajstić information content (AvgIpc) is 2.30. The van der Waals surface area contributed by atoms with Gasteiger partial charge in [-0.25, -0.2) is 8.42 Å². The Hall–Kier alpha value is -0.590. The topological polar surface area (TPSA) is 58.2 Å². The second-order valence-electron chi connectivity index (χ2n) is 6.29. The van der Waals surface area contributed by atoms with Crippen LogP contribution in [0.2, 0.25) is 5.02 Å². The van der Waals surface area contributed by atoms with Gasteiger partial charge in [0, 0.05) is 11.8 Å². The maximum Gasteiger partial charge on any atom is 0.229 e. The van der Waals surface area contributed by atoms with Crippen LogP contribution in [0.25, 0.3) is 0 Å². The molecule has 1 atom stereocenters. The molecule has 0 bridgehead atoms. The summed E-state index contributed by atoms with van der Waals surface area (Å²) in [6.45, 7) is 4.52. The van der Waals surface area contributed by atoms with E-state index < -0.39 is 10.0 Å². The fourth-order valence-corrected chi connectivity index (χ4v) is 4.49. The lowest BCUT2D eigenvalue weighted by Crippen LogP contribution is -2.35. The summed E-state index contributed by atoms with van der Waals surface area (Å²) in [5, 5.41) is 4.04. The molecule has 0 saturated carbocycles. The van der Waals surface area contributed by atoms with E-state index in [1.807, 2.05) is 11.8 Å². The first kappa shape index (κ1) is 16.8. The van der Waals surface area contributed by atoms with E-state index in [-0.39, 0.29) is 0 Å². The van der Waals surface area contributed by atoms with Gasteiger partial charge in [-0.3, -0.25) is 4.72 Å². The summed E-state index contributed by atoms with van der Waals surface area (Å²) in [5.74, 6) is 2.19. The fourth-order valence-electron chi connectivity index (χ4n) is 2.49. The molecule has 7 heteroatoms. The van der Waals surface area contributed by atoms with E-state index in [2.05, 4.69) is 23.9 Å². The van der Waals surface area contributed by atoms with E-state index in [0.29, 0.717) is 22.2 Å². The van der Waals surface area contributed by atoms with E-state index in [4.69, 9.17) is 11.6 Å². The maximum atomic E-state index is 11.3. The van der Waals surface area contributed by atoms with E-state index in [1.165, 1.54) is 0 Å². The van der Waals surface area contributed by atoms with Crippen LogP contribution in [0.5, 0.6) is 0 Å². The van der Waals surface area contributed by atoms with Crippen LogP contribution in [0.15, 0.2) is 18.2 Å². The SMILES string of the molecule is CC1(C)CSCC(Nc2cc(NS(C)(=O)=O)ccc2Cl)C1. The molecule has 1 heterocycles. The standard InChI is InChI=1S/C14H21ClN2O2S2/c1-14(2)7-11(8-20-9-14)16-13-6-10(4-5-12(13)15)17-21(3,18)19/h4-6,11,16-17H,7-9H2,1-3H3. The van der Waals surface area contributed by atoms with Crippen LogP contribution in [0.4, 0.5) is 11.4 Å². The van der Waals surface area contributed by atoms with Crippen molar-refractivity contribution in [2.75, 3.05) is 27.8 Å². The molecule has 118 valence electrons. The molecule has 1 aliphatic heterocycles. The average molecular weight is 349 g/mol. The highest BCUT2D eigenvalue weighted by Crippen LogP contribution is 2.36. The first-order valence-corrected chi connectivity index (χ1v) is 10.2. The lowest BCUT2D eigenvalue weighted by Gasteiger charge is -2.35. The number of halogens is 1. The predicted octanol–water partition coefficient (Wildman–Crippen LogP) is 3.66. The van der Waals surface area contributed by atoms with E-state index in [1.54, 1.807) is 18.2 Å². The minimum Gasteiger partial charge on any atom is -0.380 e. The van der Waals surface area contributed by atoms with Crippen molar-refractivity contribution in [2.45, 2.75) is 26.3 Å². The second-order valence-corrected chi connectivity index (χ2v) is 9.48. The molecular weight excluding hydrogens is 328 g/mol. The van der Waals surface area contributed by atoms with Crippen molar-refractivity contribution in [3.63, 3.8) is 0 Å². The summed E-state index contributed by atoms with van der Waals surface area (Å²) in [6.07, 6.45) is 2.20. The van der Waals surface area contributed by atoms with Crippen molar-refractivity contribution in [1.29, 1.82) is 0 Å². The van der Waals surface area contributed by atoms with Crippen molar-refractivity contribution in [3.05, 3.63) is 23.2 Å². The molecule has 0 amide bonds. The van der Waals surface area contributed by atoms with Crippen LogP contribution in [-0.2, 0) is 10.0 Å². The Morgan fingerprint density at radius 3 is 2.71 bits per heavy atom. The number of nitrogens with one attached hydrogen (secondary N) is 2. The summed E-state index contributed by atoms with van der Waals surface area (Å²) in [7, 11) is -3.28. The van der Waals surface area contributed by atoms with Crippen molar-refractivity contribution in [3.8, 4) is 0 Å². The monoisotopic (exact) mass is 348 g/mol. The van der Waals surface area contributed by atoms with Gasteiger partial charge < -0.3 is 5.32 Å². The van der Waals surface area contributed by atoms with Crippen LogP contribution >= 0.6 is 23.4 Å². The Labute approximate surface area is 136 Å². The number of hydrogen-bond donors (Lipinski definition) is 2. The summed E-state index contributed by atoms with van der Waals surface area (Å²) in [5.41, 5.74) is 1.59. The molecule has 0 radical (unpaired) electrons. The third-order valence-corrected chi connectivity index (χ3v) is 5.80. The van der Waals surface area contributed by atoms with Gasteiger partial charge in [-0.15, -0.1) is 0 Å². The van der Waals surface area contributed by atoms with Crippen LogP contribution in [-0.4, -0.2) is 32.2 Å². The van der Waals surface area contributed by atoms with Crippen molar-refractivity contribution >= 4 is 44.8 Å². The highest BCUT2D eigenvalue weighted by molar-refractivity contribution is 7.99. The lowest BCUT2D eigenvalue weighted by molar-refractivity contribution is 0.358. The van der Waals surface area contributed by atoms with E-state index in [9.17, 15) is 8.42 Å². The molecule has 1 saturated heterocycles. The molecular formula is C14H21ClN2O2S2. The van der Waals surface area contributed by atoms with Crippen molar-refractivity contribution < 1.29 is 8.42 Å². The van der Waals surface area contributed by atoms with Gasteiger partial charge in [0.15, 0.2) is 0 Å². The fraction of sp³-hybridized carbons (Fsp3) is 0.571. The Kier molecular flexibility index (Phi) is 5.00. The zero-order chi connectivity index (χ0) is 15.7. The molecule has 1 aromatic carbocycles. The predicted molar refractivity (Wildman–Crippen MR) is 93.1 cm³/mol. The normalized spacial score (nSPS) is 21.8. The number of rotatable bonds is 4. The summed E-state index contributed by atoms with van der Waals surface area (Å²) in [6, 6.07) is 5.45. The molecule has 2 N–H and O–H groups in total. The number of thioether (sulfide) groups is 1. The van der Waals surface area contributed by atoms with Crippen molar-refractivity contribution in [2.24, 2.45) is 5.41 Å². The van der Waals surface area contributed by atoms with Gasteiger partial charge in [0.05, 0.1) is 22.7 Å². The molecule has 1 aliphatic rings. The van der Waals surface area contributed by atoms with Crippen LogP contribution in [0.1, 0.15) is 20.3 Å². The van der Waals surface area contributed by atoms with Crippen LogP contribution in [0, 0.1) is 5.41 Å². The van der Waals surface area contributed by atoms with Crippen molar-refractivity contribution in [1.82, 2.24) is 0 Å². The van der Waals surface area contributed by atoms with Gasteiger partial charge in [-0.05, 0) is 35.8 Å². The molecule has 21 heavy (non-hydrogen) atoms. The summed E-state index contributed by atoms with van der Waals surface area (Å²) < 4.78 is 25.1. The Balaban J connectivity index is 2.14. The molecule has 0 aliphatic carbocycles. The Bertz CT molecular complexity index is 617. The first-order chi connectivity index (χ1) is 9.65. The van der Waals surface area contributed by atoms with Gasteiger partial charge >= 0.3 is 0 Å². The largest absolute Gasteiger partial charge is 0.380 e. The number of hydrogen-bond acceptors (Lipinski definition) is 4. The minimum absolute atomic E-state index is 0.301. The molecule has 0 spiro atoms. The van der Waals surface area contributed by atoms with Gasteiger partial charge in [0.1, 0.15) is 0 Å². The highest BCUT2D eigenvalue weighted by atomic mass is 35.5. The second kappa shape index (κ2) is 6.26. The van der Waals surface area contributed by atoms with Gasteiger partial charge in [0.2, 0.25) is 10.0 Å². The molecule has 2 rings (SSSR count). The van der Waals surface area contributed by atoms with E-state index in [0.717, 1.165) is 29.9 Å². The minimum atomic E-state index is -3.28. The summed E-state index contributed by atoms with van der Waals surface area (Å²) in [4.78, 5) is 0. The zero-order valence-electron chi connectivity index (χ0n) is 12.4. The van der Waals surface area contributed by atoms with Crippen LogP contribution in [0.3, 0.4) is 0 Å². The Morgan fingerprint density at radius 1 is 1.38 bits per heavy atom. The lowest BCUT2D eigenvalue weighted by atomic mass is 9.88. The molecule has 1 fully saturated rings. The number of benzene rings is 1. The van der Waals surface area contributed by atoms with Crippen LogP contribution < -0.4 is 10.0 Å². The number of anilines is 2. The third-order valence-electron chi connectivity index (χ3n) is 3.24. The summed E-state index contributed by atoms with van der Waals surface area (Å²) >= 11 is 8.14. The zero-order valence-corrected chi connectivity index (χ0v) is 14.8.